The number of hydrogen-bond acceptors (Lipinski definition) is 7. The minimum absolute atomic E-state index is 0.323. The van der Waals surface area contributed by atoms with Crippen molar-refractivity contribution in [3.8, 4) is 17.3 Å². The van der Waals surface area contributed by atoms with Gasteiger partial charge in [0.15, 0.2) is 5.82 Å². The molecule has 2 aliphatic rings. The van der Waals surface area contributed by atoms with Crippen LogP contribution in [0.25, 0.3) is 33.3 Å². The molecule has 2 fully saturated rings. The maximum atomic E-state index is 9.81. The van der Waals surface area contributed by atoms with Crippen LogP contribution in [-0.4, -0.2) is 44.0 Å². The Bertz CT molecular complexity index is 1560. The number of anilines is 1. The van der Waals surface area contributed by atoms with Crippen LogP contribution < -0.4 is 5.32 Å². The lowest BCUT2D eigenvalue weighted by Crippen LogP contribution is -2.25. The molecule has 35 heavy (non-hydrogen) atoms. The Morgan fingerprint density at radius 3 is 2.69 bits per heavy atom. The van der Waals surface area contributed by atoms with Gasteiger partial charge in [-0.2, -0.15) is 10.4 Å². The van der Waals surface area contributed by atoms with Crippen LogP contribution in [0.1, 0.15) is 24.0 Å². The Morgan fingerprint density at radius 2 is 1.94 bits per heavy atom. The molecule has 5 heterocycles. The minimum Gasteiger partial charge on any atom is -0.457 e. The molecule has 4 aromatic heterocycles. The Hall–Kier alpha value is -3.96. The van der Waals surface area contributed by atoms with E-state index in [2.05, 4.69) is 43.7 Å². The number of benzene rings is 2. The molecule has 7 rings (SSSR count). The summed E-state index contributed by atoms with van der Waals surface area (Å²) in [5.74, 6) is 1.93. The van der Waals surface area contributed by atoms with Gasteiger partial charge in [0, 0.05) is 55.4 Å². The number of rotatable bonds is 5. The molecule has 8 nitrogen and oxygen atoms in total. The third kappa shape index (κ3) is 3.60. The summed E-state index contributed by atoms with van der Waals surface area (Å²) in [6.07, 6.45) is 4.16. The summed E-state index contributed by atoms with van der Waals surface area (Å²) in [4.78, 5) is 2.55. The molecular weight excluding hydrogens is 438 g/mol. The highest BCUT2D eigenvalue weighted by Crippen LogP contribution is 2.40. The lowest BCUT2D eigenvalue weighted by Gasteiger charge is -2.19. The van der Waals surface area contributed by atoms with Crippen LogP contribution in [0.2, 0.25) is 0 Å². The zero-order valence-electron chi connectivity index (χ0n) is 19.5. The number of nitriles is 1. The number of hydrogen-bond donors (Lipinski definition) is 1. The van der Waals surface area contributed by atoms with Gasteiger partial charge in [0.1, 0.15) is 17.2 Å². The SMILES string of the molecule is Cn1cc2cc(-c3cc(C#N)c(N[C@H]4C[C@@H]5CN(Cc6cc7ccc6o7)C[C@@H]5C4)nn3)ccc2n1. The third-order valence-corrected chi connectivity index (χ3v) is 7.65. The van der Waals surface area contributed by atoms with E-state index in [0.29, 0.717) is 35.0 Å². The number of nitrogens with one attached hydrogen (secondary N) is 1. The average Bonchev–Trinajstić information content (AvgIpc) is 3.65. The number of likely N-dealkylation sites (tertiary alicyclic amines) is 1. The van der Waals surface area contributed by atoms with Crippen LogP contribution in [-0.2, 0) is 13.6 Å². The lowest BCUT2D eigenvalue weighted by atomic mass is 10.0. The monoisotopic (exact) mass is 463 g/mol. The van der Waals surface area contributed by atoms with E-state index in [1.54, 1.807) is 4.68 Å². The molecule has 2 bridgehead atoms. The second kappa shape index (κ2) is 7.79. The predicted octanol–water partition coefficient (Wildman–Crippen LogP) is 4.41. The quantitative estimate of drug-likeness (QED) is 0.412. The second-order valence-corrected chi connectivity index (χ2v) is 10.1. The number of aromatic nitrogens is 4. The molecule has 0 radical (unpaired) electrons. The van der Waals surface area contributed by atoms with Crippen LogP contribution in [0.4, 0.5) is 5.82 Å². The number of fused-ring (bicyclic) bond motifs is 4. The fourth-order valence-corrected chi connectivity index (χ4v) is 6.08. The summed E-state index contributed by atoms with van der Waals surface area (Å²) in [5.41, 5.74) is 6.38. The molecule has 0 unspecified atom stereocenters. The van der Waals surface area contributed by atoms with Gasteiger partial charge in [-0.25, -0.2) is 0 Å². The predicted molar refractivity (Wildman–Crippen MR) is 133 cm³/mol. The molecule has 5 aromatic rings. The van der Waals surface area contributed by atoms with Crippen molar-refractivity contribution in [1.82, 2.24) is 24.9 Å². The Kier molecular flexibility index (Phi) is 4.54. The van der Waals surface area contributed by atoms with Crippen molar-refractivity contribution in [3.05, 3.63) is 59.8 Å². The van der Waals surface area contributed by atoms with Crippen molar-refractivity contribution < 1.29 is 4.42 Å². The minimum atomic E-state index is 0.323. The second-order valence-electron chi connectivity index (χ2n) is 10.1. The molecule has 1 saturated carbocycles. The normalized spacial score (nSPS) is 22.2. The summed E-state index contributed by atoms with van der Waals surface area (Å²) in [7, 11) is 1.91. The largest absolute Gasteiger partial charge is 0.457 e. The zero-order chi connectivity index (χ0) is 23.5. The van der Waals surface area contributed by atoms with Crippen molar-refractivity contribution in [2.24, 2.45) is 18.9 Å². The van der Waals surface area contributed by atoms with E-state index < -0.39 is 0 Å². The number of nitrogens with zero attached hydrogens (tertiary/aromatic N) is 6. The summed E-state index contributed by atoms with van der Waals surface area (Å²) >= 11 is 0. The van der Waals surface area contributed by atoms with E-state index in [0.717, 1.165) is 60.1 Å². The van der Waals surface area contributed by atoms with E-state index in [1.807, 2.05) is 43.6 Å². The van der Waals surface area contributed by atoms with Gasteiger partial charge in [0.05, 0.1) is 16.8 Å². The summed E-state index contributed by atoms with van der Waals surface area (Å²) < 4.78 is 7.50. The highest BCUT2D eigenvalue weighted by Gasteiger charge is 2.41. The van der Waals surface area contributed by atoms with Gasteiger partial charge >= 0.3 is 0 Å². The first-order chi connectivity index (χ1) is 17.1. The maximum absolute atomic E-state index is 9.81. The van der Waals surface area contributed by atoms with Gasteiger partial charge in [-0.05, 0) is 61.1 Å². The summed E-state index contributed by atoms with van der Waals surface area (Å²) in [5, 5.41) is 27.7. The average molecular weight is 464 g/mol. The molecule has 1 aliphatic heterocycles. The van der Waals surface area contributed by atoms with E-state index in [9.17, 15) is 5.26 Å². The number of furan rings is 2. The third-order valence-electron chi connectivity index (χ3n) is 7.65. The van der Waals surface area contributed by atoms with Crippen LogP contribution in [0.15, 0.2) is 53.1 Å². The Morgan fingerprint density at radius 1 is 1.09 bits per heavy atom. The fraction of sp³-hybridized carbons (Fsp3) is 0.333. The Labute approximate surface area is 202 Å². The first kappa shape index (κ1) is 20.4. The lowest BCUT2D eigenvalue weighted by molar-refractivity contribution is 0.301. The first-order valence-corrected chi connectivity index (χ1v) is 12.1. The molecular formula is C27H25N7O. The standard InChI is InChI=1S/C27H25N7O/c1-33-12-20-6-16(2-4-24(20)32-33)25-10-17(11-28)27(31-30-25)29-22-7-18-13-34(14-19(18)8-22)15-21-9-23-3-5-26(21)35-23/h2-6,9-10,12,18-19,22H,7-8,13-15H2,1H3,(H,29,31)/t18-,19+,22+. The van der Waals surface area contributed by atoms with Crippen molar-refractivity contribution in [2.75, 3.05) is 18.4 Å². The van der Waals surface area contributed by atoms with Gasteiger partial charge in [-0.3, -0.25) is 9.58 Å². The summed E-state index contributed by atoms with van der Waals surface area (Å²) in [6, 6.07) is 16.7. The molecule has 1 aromatic carbocycles. The van der Waals surface area contributed by atoms with Crippen LogP contribution in [0, 0.1) is 23.2 Å². The molecule has 8 heteroatoms. The number of aryl methyl sites for hydroxylation is 1. The molecule has 0 amide bonds. The summed E-state index contributed by atoms with van der Waals surface area (Å²) in [6.45, 7) is 3.18. The highest BCUT2D eigenvalue weighted by molar-refractivity contribution is 5.83. The topological polar surface area (TPSA) is 95.8 Å². The fourth-order valence-electron chi connectivity index (χ4n) is 6.08. The highest BCUT2D eigenvalue weighted by atomic mass is 16.3. The molecule has 1 aliphatic carbocycles. The Balaban J connectivity index is 1.02. The molecule has 1 N–H and O–H groups in total. The smallest absolute Gasteiger partial charge is 0.166 e. The van der Waals surface area contributed by atoms with Crippen molar-refractivity contribution in [2.45, 2.75) is 25.4 Å². The molecule has 0 spiro atoms. The van der Waals surface area contributed by atoms with E-state index >= 15 is 0 Å². The molecule has 174 valence electrons. The van der Waals surface area contributed by atoms with E-state index in [1.165, 1.54) is 5.56 Å². The van der Waals surface area contributed by atoms with Gasteiger partial charge in [0.25, 0.3) is 0 Å². The molecule has 1 saturated heterocycles. The van der Waals surface area contributed by atoms with Crippen LogP contribution in [0.5, 0.6) is 0 Å². The van der Waals surface area contributed by atoms with Crippen molar-refractivity contribution in [3.63, 3.8) is 0 Å². The van der Waals surface area contributed by atoms with E-state index in [-0.39, 0.29) is 0 Å². The van der Waals surface area contributed by atoms with Gasteiger partial charge < -0.3 is 9.73 Å². The van der Waals surface area contributed by atoms with Gasteiger partial charge in [-0.15, -0.1) is 10.2 Å². The van der Waals surface area contributed by atoms with Crippen LogP contribution in [0.3, 0.4) is 0 Å². The van der Waals surface area contributed by atoms with Gasteiger partial charge in [-0.1, -0.05) is 6.07 Å². The van der Waals surface area contributed by atoms with Crippen molar-refractivity contribution in [1.29, 1.82) is 5.26 Å². The van der Waals surface area contributed by atoms with Crippen molar-refractivity contribution >= 4 is 27.9 Å². The zero-order valence-corrected chi connectivity index (χ0v) is 19.5. The van der Waals surface area contributed by atoms with Gasteiger partial charge in [0.2, 0.25) is 0 Å². The van der Waals surface area contributed by atoms with E-state index in [4.69, 9.17) is 4.42 Å². The molecule has 3 atom stereocenters. The first-order valence-electron chi connectivity index (χ1n) is 12.1. The van der Waals surface area contributed by atoms with Crippen LogP contribution >= 0.6 is 0 Å². The maximum Gasteiger partial charge on any atom is 0.166 e.